The van der Waals surface area contributed by atoms with Crippen LogP contribution in [0.1, 0.15) is 66.7 Å². The van der Waals surface area contributed by atoms with E-state index in [1.54, 1.807) is 0 Å². The fourth-order valence-corrected chi connectivity index (χ4v) is 2.47. The highest BCUT2D eigenvalue weighted by atomic mass is 16.6. The molecule has 1 aliphatic heterocycles. The summed E-state index contributed by atoms with van der Waals surface area (Å²) in [7, 11) is 0. The van der Waals surface area contributed by atoms with E-state index >= 15 is 0 Å². The summed E-state index contributed by atoms with van der Waals surface area (Å²) in [5.74, 6) is 0. The van der Waals surface area contributed by atoms with E-state index < -0.39 is 5.60 Å². The number of ether oxygens (including phenoxy) is 1. The first kappa shape index (κ1) is 16.1. The van der Waals surface area contributed by atoms with Gasteiger partial charge in [0.15, 0.2) is 0 Å². The average Bonchev–Trinajstić information content (AvgIpc) is 2.26. The highest BCUT2D eigenvalue weighted by Crippen LogP contribution is 2.26. The van der Waals surface area contributed by atoms with E-state index in [0.29, 0.717) is 0 Å². The lowest BCUT2D eigenvalue weighted by atomic mass is 9.96. The molecule has 1 aliphatic rings. The molecular formula is C16H29NO2. The monoisotopic (exact) mass is 267 g/mol. The lowest BCUT2D eigenvalue weighted by molar-refractivity contribution is 0.00359. The van der Waals surface area contributed by atoms with Gasteiger partial charge in [-0.15, -0.1) is 0 Å². The highest BCUT2D eigenvalue weighted by Gasteiger charge is 2.33. The van der Waals surface area contributed by atoms with Crippen LogP contribution in [0, 0.1) is 0 Å². The van der Waals surface area contributed by atoms with Crippen LogP contribution in [0.15, 0.2) is 12.2 Å². The molecular weight excluding hydrogens is 238 g/mol. The summed E-state index contributed by atoms with van der Waals surface area (Å²) in [6.07, 6.45) is 9.72. The van der Waals surface area contributed by atoms with Crippen molar-refractivity contribution in [2.24, 2.45) is 0 Å². The first-order valence-electron chi connectivity index (χ1n) is 7.53. The van der Waals surface area contributed by atoms with Gasteiger partial charge in [0.1, 0.15) is 5.60 Å². The molecule has 0 saturated carbocycles. The van der Waals surface area contributed by atoms with E-state index in [9.17, 15) is 4.79 Å². The molecule has 0 bridgehead atoms. The molecule has 1 saturated heterocycles. The van der Waals surface area contributed by atoms with Crippen molar-refractivity contribution in [1.29, 1.82) is 0 Å². The smallest absolute Gasteiger partial charge is 0.411 e. The Bertz CT molecular complexity index is 317. The highest BCUT2D eigenvalue weighted by molar-refractivity contribution is 5.69. The van der Waals surface area contributed by atoms with Gasteiger partial charge >= 0.3 is 6.09 Å². The molecule has 19 heavy (non-hydrogen) atoms. The van der Waals surface area contributed by atoms with Gasteiger partial charge in [0.2, 0.25) is 0 Å². The summed E-state index contributed by atoms with van der Waals surface area (Å²) in [6.45, 7) is 10.0. The second-order valence-corrected chi connectivity index (χ2v) is 6.45. The largest absolute Gasteiger partial charge is 0.444 e. The number of likely N-dealkylation sites (tertiary alicyclic amines) is 1. The van der Waals surface area contributed by atoms with E-state index in [2.05, 4.69) is 26.0 Å². The van der Waals surface area contributed by atoms with Gasteiger partial charge in [-0.25, -0.2) is 4.79 Å². The minimum absolute atomic E-state index is 0.175. The van der Waals surface area contributed by atoms with Gasteiger partial charge in [0.25, 0.3) is 0 Å². The molecule has 0 aromatic rings. The Morgan fingerprint density at radius 3 is 2.63 bits per heavy atom. The van der Waals surface area contributed by atoms with Crippen LogP contribution >= 0.6 is 0 Å². The summed E-state index contributed by atoms with van der Waals surface area (Å²) in [4.78, 5) is 14.3. The minimum atomic E-state index is -0.425. The SMILES string of the molecule is CCCC=C[C@@H]1CCC[C@@H](C)N1C(=O)OC(C)(C)C. The second-order valence-electron chi connectivity index (χ2n) is 6.45. The Morgan fingerprint density at radius 1 is 1.37 bits per heavy atom. The first-order chi connectivity index (χ1) is 8.85. The Morgan fingerprint density at radius 2 is 2.05 bits per heavy atom. The molecule has 0 aliphatic carbocycles. The van der Waals surface area contributed by atoms with E-state index in [0.717, 1.165) is 25.7 Å². The average molecular weight is 267 g/mol. The standard InChI is InChI=1S/C16H29NO2/c1-6-7-8-11-14-12-9-10-13(2)17(14)15(18)19-16(3,4)5/h8,11,13-14H,6-7,9-10,12H2,1-5H3/t13-,14-/m1/s1. The molecule has 0 radical (unpaired) electrons. The number of piperidine rings is 1. The zero-order valence-corrected chi connectivity index (χ0v) is 13.1. The van der Waals surface area contributed by atoms with Crippen LogP contribution in [-0.2, 0) is 4.74 Å². The van der Waals surface area contributed by atoms with Gasteiger partial charge in [-0.2, -0.15) is 0 Å². The Kier molecular flexibility index (Phi) is 5.89. The van der Waals surface area contributed by atoms with Crippen molar-refractivity contribution in [3.8, 4) is 0 Å². The summed E-state index contributed by atoms with van der Waals surface area (Å²) >= 11 is 0. The summed E-state index contributed by atoms with van der Waals surface area (Å²) < 4.78 is 5.54. The maximum absolute atomic E-state index is 12.3. The quantitative estimate of drug-likeness (QED) is 0.703. The van der Waals surface area contributed by atoms with Crippen molar-refractivity contribution < 1.29 is 9.53 Å². The fraction of sp³-hybridized carbons (Fsp3) is 0.812. The van der Waals surface area contributed by atoms with Crippen LogP contribution in [0.2, 0.25) is 0 Å². The predicted octanol–water partition coefficient (Wildman–Crippen LogP) is 4.52. The molecule has 0 N–H and O–H groups in total. The first-order valence-corrected chi connectivity index (χ1v) is 7.53. The van der Waals surface area contributed by atoms with E-state index in [-0.39, 0.29) is 18.2 Å². The zero-order valence-electron chi connectivity index (χ0n) is 13.1. The topological polar surface area (TPSA) is 29.5 Å². The molecule has 3 heteroatoms. The molecule has 1 rings (SSSR count). The van der Waals surface area contributed by atoms with Crippen molar-refractivity contribution in [2.45, 2.75) is 84.4 Å². The Hall–Kier alpha value is -0.990. The third-order valence-corrected chi connectivity index (χ3v) is 3.37. The molecule has 2 atom stereocenters. The van der Waals surface area contributed by atoms with Gasteiger partial charge in [0.05, 0.1) is 6.04 Å². The Balaban J connectivity index is 2.74. The molecule has 3 nitrogen and oxygen atoms in total. The van der Waals surface area contributed by atoms with Crippen LogP contribution in [0.5, 0.6) is 0 Å². The maximum Gasteiger partial charge on any atom is 0.411 e. The number of hydrogen-bond donors (Lipinski definition) is 0. The van der Waals surface area contributed by atoms with E-state index in [4.69, 9.17) is 4.74 Å². The Labute approximate surface area is 118 Å². The molecule has 0 spiro atoms. The fourth-order valence-electron chi connectivity index (χ4n) is 2.47. The normalized spacial score (nSPS) is 24.8. The minimum Gasteiger partial charge on any atom is -0.444 e. The number of allylic oxidation sites excluding steroid dienone is 1. The van der Waals surface area contributed by atoms with Crippen LogP contribution in [0.3, 0.4) is 0 Å². The van der Waals surface area contributed by atoms with Gasteiger partial charge in [-0.3, -0.25) is 4.90 Å². The zero-order chi connectivity index (χ0) is 14.5. The van der Waals surface area contributed by atoms with Crippen LogP contribution < -0.4 is 0 Å². The molecule has 1 fully saturated rings. The molecule has 1 heterocycles. The summed E-state index contributed by atoms with van der Waals surface area (Å²) in [5, 5.41) is 0. The lowest BCUT2D eigenvalue weighted by Gasteiger charge is -2.40. The number of rotatable bonds is 3. The lowest BCUT2D eigenvalue weighted by Crippen LogP contribution is -2.49. The number of unbranched alkanes of at least 4 members (excludes halogenated alkanes) is 1. The van der Waals surface area contributed by atoms with Crippen molar-refractivity contribution in [2.75, 3.05) is 0 Å². The number of amides is 1. The van der Waals surface area contributed by atoms with Crippen LogP contribution in [-0.4, -0.2) is 28.7 Å². The number of hydrogen-bond acceptors (Lipinski definition) is 2. The van der Waals surface area contributed by atoms with Gasteiger partial charge in [-0.05, 0) is 53.4 Å². The summed E-state index contributed by atoms with van der Waals surface area (Å²) in [6, 6.07) is 0.463. The number of carbonyl (C=O) groups excluding carboxylic acids is 1. The molecule has 0 aromatic carbocycles. The molecule has 110 valence electrons. The predicted molar refractivity (Wildman–Crippen MR) is 79.2 cm³/mol. The van der Waals surface area contributed by atoms with Crippen LogP contribution in [0.4, 0.5) is 4.79 Å². The molecule has 0 aromatic heterocycles. The van der Waals surface area contributed by atoms with Gasteiger partial charge < -0.3 is 4.74 Å². The number of nitrogens with zero attached hydrogens (tertiary/aromatic N) is 1. The van der Waals surface area contributed by atoms with E-state index in [1.807, 2.05) is 25.7 Å². The maximum atomic E-state index is 12.3. The molecule has 1 amide bonds. The number of carbonyl (C=O) groups is 1. The second kappa shape index (κ2) is 6.97. The molecule has 0 unspecified atom stereocenters. The van der Waals surface area contributed by atoms with Crippen molar-refractivity contribution in [3.05, 3.63) is 12.2 Å². The summed E-state index contributed by atoms with van der Waals surface area (Å²) in [5.41, 5.74) is -0.425. The van der Waals surface area contributed by atoms with Crippen molar-refractivity contribution >= 4 is 6.09 Å². The third-order valence-electron chi connectivity index (χ3n) is 3.37. The third kappa shape index (κ3) is 5.25. The van der Waals surface area contributed by atoms with Crippen molar-refractivity contribution in [3.63, 3.8) is 0 Å². The van der Waals surface area contributed by atoms with Crippen molar-refractivity contribution in [1.82, 2.24) is 4.90 Å². The van der Waals surface area contributed by atoms with Crippen LogP contribution in [0.25, 0.3) is 0 Å². The van der Waals surface area contributed by atoms with E-state index in [1.165, 1.54) is 6.42 Å². The van der Waals surface area contributed by atoms with Gasteiger partial charge in [-0.1, -0.05) is 25.5 Å². The van der Waals surface area contributed by atoms with Gasteiger partial charge in [0, 0.05) is 6.04 Å².